The Morgan fingerprint density at radius 3 is 2.30 bits per heavy atom. The van der Waals surface area contributed by atoms with Crippen LogP contribution in [0.25, 0.3) is 0 Å². The number of carbonyl (C=O) groups excluding carboxylic acids is 1. The zero-order valence-electron chi connectivity index (χ0n) is 18.7. The molecule has 3 aromatic rings. The number of amides is 1. The van der Waals surface area contributed by atoms with E-state index in [0.29, 0.717) is 36.8 Å². The number of hydrogen-bond acceptors (Lipinski definition) is 6. The largest absolute Gasteiger partial charge is 0.348 e. The monoisotopic (exact) mass is 465 g/mol. The molecular formula is C24H27N5O3S. The van der Waals surface area contributed by atoms with E-state index in [0.717, 1.165) is 29.8 Å². The average Bonchev–Trinajstić information content (AvgIpc) is 3.33. The minimum absolute atomic E-state index is 0.228. The smallest absolute Gasteiger partial charge is 0.251 e. The van der Waals surface area contributed by atoms with Gasteiger partial charge in [-0.25, -0.2) is 18.4 Å². The fourth-order valence-corrected chi connectivity index (χ4v) is 5.31. The number of rotatable bonds is 7. The van der Waals surface area contributed by atoms with Crippen molar-refractivity contribution in [2.24, 2.45) is 0 Å². The van der Waals surface area contributed by atoms with Gasteiger partial charge < -0.3 is 10.6 Å². The molecule has 172 valence electrons. The zero-order chi connectivity index (χ0) is 23.4. The van der Waals surface area contributed by atoms with Crippen molar-refractivity contribution >= 4 is 27.6 Å². The molecule has 8 nitrogen and oxygen atoms in total. The van der Waals surface area contributed by atoms with Crippen LogP contribution in [-0.4, -0.2) is 41.7 Å². The van der Waals surface area contributed by atoms with Gasteiger partial charge in [0, 0.05) is 42.3 Å². The third-order valence-electron chi connectivity index (χ3n) is 5.44. The Balaban J connectivity index is 1.38. The molecule has 2 heterocycles. The number of benzene rings is 2. The summed E-state index contributed by atoms with van der Waals surface area (Å²) in [6.07, 6.45) is 1.80. The fourth-order valence-electron chi connectivity index (χ4n) is 3.79. The van der Waals surface area contributed by atoms with Crippen molar-refractivity contribution in [1.82, 2.24) is 19.6 Å². The summed E-state index contributed by atoms with van der Waals surface area (Å²) in [5.74, 6) is 0.253. The molecule has 1 saturated heterocycles. The van der Waals surface area contributed by atoms with Crippen LogP contribution in [0, 0.1) is 13.8 Å². The average molecular weight is 466 g/mol. The van der Waals surface area contributed by atoms with Gasteiger partial charge in [0.1, 0.15) is 0 Å². The number of sulfonamides is 1. The second-order valence-corrected chi connectivity index (χ2v) is 10.1. The molecule has 1 fully saturated rings. The Kier molecular flexibility index (Phi) is 6.71. The molecule has 0 unspecified atom stereocenters. The Labute approximate surface area is 194 Å². The molecule has 2 aromatic carbocycles. The summed E-state index contributed by atoms with van der Waals surface area (Å²) in [6, 6.07) is 15.7. The Morgan fingerprint density at radius 2 is 1.64 bits per heavy atom. The summed E-state index contributed by atoms with van der Waals surface area (Å²) in [6.45, 7) is 5.24. The highest BCUT2D eigenvalue weighted by molar-refractivity contribution is 7.89. The number of aromatic nitrogens is 2. The number of hydrogen-bond donors (Lipinski definition) is 2. The Morgan fingerprint density at radius 1 is 0.970 bits per heavy atom. The molecule has 1 aliphatic rings. The van der Waals surface area contributed by atoms with Gasteiger partial charge in [0.05, 0.1) is 4.90 Å². The molecule has 0 atom stereocenters. The number of carbonyl (C=O) groups is 1. The van der Waals surface area contributed by atoms with Crippen LogP contribution in [0.15, 0.2) is 59.5 Å². The van der Waals surface area contributed by atoms with E-state index in [1.807, 2.05) is 26.0 Å². The molecule has 0 radical (unpaired) electrons. The van der Waals surface area contributed by atoms with Crippen LogP contribution in [0.5, 0.6) is 0 Å². The first-order valence-electron chi connectivity index (χ1n) is 10.9. The molecule has 0 spiro atoms. The number of aryl methyl sites for hydroxylation is 2. The summed E-state index contributed by atoms with van der Waals surface area (Å²) in [7, 11) is -3.44. The predicted octanol–water partition coefficient (Wildman–Crippen LogP) is 3.55. The van der Waals surface area contributed by atoms with Gasteiger partial charge in [-0.3, -0.25) is 4.79 Å². The van der Waals surface area contributed by atoms with E-state index in [9.17, 15) is 13.2 Å². The van der Waals surface area contributed by atoms with Gasteiger partial charge in [0.2, 0.25) is 16.0 Å². The molecule has 33 heavy (non-hydrogen) atoms. The van der Waals surface area contributed by atoms with E-state index in [1.54, 1.807) is 42.5 Å². The Bertz CT molecular complexity index is 1230. The lowest BCUT2D eigenvalue weighted by Gasteiger charge is -2.15. The standard InChI is InChI=1S/C24H27N5O3S/c1-17-14-18(2)27-24(26-17)28-21-7-5-6-20(15-21)23(30)25-16-19-8-10-22(11-9-19)33(31,32)29-12-3-4-13-29/h5-11,14-15H,3-4,12-13,16H2,1-2H3,(H,25,30)(H,26,27,28). The van der Waals surface area contributed by atoms with Gasteiger partial charge in [-0.15, -0.1) is 0 Å². The summed E-state index contributed by atoms with van der Waals surface area (Å²) in [4.78, 5) is 21.7. The number of anilines is 2. The van der Waals surface area contributed by atoms with Crippen molar-refractivity contribution in [3.63, 3.8) is 0 Å². The molecule has 2 N–H and O–H groups in total. The van der Waals surface area contributed by atoms with Crippen LogP contribution in [0.3, 0.4) is 0 Å². The van der Waals surface area contributed by atoms with E-state index < -0.39 is 10.0 Å². The molecule has 0 saturated carbocycles. The van der Waals surface area contributed by atoms with Crippen molar-refractivity contribution < 1.29 is 13.2 Å². The van der Waals surface area contributed by atoms with E-state index in [2.05, 4.69) is 20.6 Å². The minimum Gasteiger partial charge on any atom is -0.348 e. The van der Waals surface area contributed by atoms with Crippen LogP contribution < -0.4 is 10.6 Å². The summed E-state index contributed by atoms with van der Waals surface area (Å²) in [5, 5.41) is 6.01. The topological polar surface area (TPSA) is 104 Å². The first kappa shape index (κ1) is 22.9. The summed E-state index contributed by atoms with van der Waals surface area (Å²) in [5.41, 5.74) is 3.75. The van der Waals surface area contributed by atoms with Crippen molar-refractivity contribution in [1.29, 1.82) is 0 Å². The summed E-state index contributed by atoms with van der Waals surface area (Å²) >= 11 is 0. The van der Waals surface area contributed by atoms with Crippen molar-refractivity contribution in [3.05, 3.63) is 77.1 Å². The first-order chi connectivity index (χ1) is 15.8. The first-order valence-corrected chi connectivity index (χ1v) is 12.3. The lowest BCUT2D eigenvalue weighted by atomic mass is 10.1. The predicted molar refractivity (Wildman–Crippen MR) is 127 cm³/mol. The van der Waals surface area contributed by atoms with Crippen molar-refractivity contribution in [2.75, 3.05) is 18.4 Å². The van der Waals surface area contributed by atoms with Gasteiger partial charge >= 0.3 is 0 Å². The second-order valence-electron chi connectivity index (χ2n) is 8.12. The van der Waals surface area contributed by atoms with Gasteiger partial charge in [-0.2, -0.15) is 4.31 Å². The lowest BCUT2D eigenvalue weighted by Crippen LogP contribution is -2.28. The van der Waals surface area contributed by atoms with Crippen LogP contribution in [0.4, 0.5) is 11.6 Å². The molecule has 9 heteroatoms. The number of nitrogens with one attached hydrogen (secondary N) is 2. The molecule has 1 aromatic heterocycles. The maximum Gasteiger partial charge on any atom is 0.251 e. The Hall–Kier alpha value is -3.30. The van der Waals surface area contributed by atoms with Crippen LogP contribution in [-0.2, 0) is 16.6 Å². The van der Waals surface area contributed by atoms with Crippen molar-refractivity contribution in [3.8, 4) is 0 Å². The molecule has 4 rings (SSSR count). The normalized spacial score (nSPS) is 14.2. The van der Waals surface area contributed by atoms with E-state index in [-0.39, 0.29) is 10.8 Å². The highest BCUT2D eigenvalue weighted by atomic mass is 32.2. The maximum atomic E-state index is 12.7. The molecule has 1 amide bonds. The van der Waals surface area contributed by atoms with Gasteiger partial charge in [0.15, 0.2) is 0 Å². The maximum absolute atomic E-state index is 12.7. The highest BCUT2D eigenvalue weighted by Gasteiger charge is 2.26. The minimum atomic E-state index is -3.44. The van der Waals surface area contributed by atoms with Gasteiger partial charge in [-0.05, 0) is 68.7 Å². The third kappa shape index (κ3) is 5.55. The fraction of sp³-hybridized carbons (Fsp3) is 0.292. The number of nitrogens with zero attached hydrogens (tertiary/aromatic N) is 3. The molecule has 0 aliphatic carbocycles. The van der Waals surface area contributed by atoms with Gasteiger partial charge in [0.25, 0.3) is 5.91 Å². The second kappa shape index (κ2) is 9.68. The molecule has 0 bridgehead atoms. The highest BCUT2D eigenvalue weighted by Crippen LogP contribution is 2.21. The van der Waals surface area contributed by atoms with Crippen LogP contribution in [0.2, 0.25) is 0 Å². The molecular weight excluding hydrogens is 438 g/mol. The van der Waals surface area contributed by atoms with Gasteiger partial charge in [-0.1, -0.05) is 18.2 Å². The lowest BCUT2D eigenvalue weighted by molar-refractivity contribution is 0.0951. The zero-order valence-corrected chi connectivity index (χ0v) is 19.5. The van der Waals surface area contributed by atoms with Crippen molar-refractivity contribution in [2.45, 2.75) is 38.1 Å². The van der Waals surface area contributed by atoms with Crippen LogP contribution in [0.1, 0.15) is 40.2 Å². The third-order valence-corrected chi connectivity index (χ3v) is 7.36. The van der Waals surface area contributed by atoms with E-state index in [1.165, 1.54) is 4.31 Å². The molecule has 1 aliphatic heterocycles. The van der Waals surface area contributed by atoms with E-state index >= 15 is 0 Å². The quantitative estimate of drug-likeness (QED) is 0.553. The SMILES string of the molecule is Cc1cc(C)nc(Nc2cccc(C(=O)NCc3ccc(S(=O)(=O)N4CCCC4)cc3)c2)n1. The van der Waals surface area contributed by atoms with E-state index in [4.69, 9.17) is 0 Å². The van der Waals surface area contributed by atoms with Crippen LogP contribution >= 0.6 is 0 Å². The summed E-state index contributed by atoms with van der Waals surface area (Å²) < 4.78 is 26.8.